The fourth-order valence-electron chi connectivity index (χ4n) is 1.71. The molecule has 0 aliphatic heterocycles. The van der Waals surface area contributed by atoms with Crippen molar-refractivity contribution in [3.8, 4) is 0 Å². The predicted octanol–water partition coefficient (Wildman–Crippen LogP) is 5.96. The largest absolute Gasteiger partial charge is 0.376 e. The summed E-state index contributed by atoms with van der Waals surface area (Å²) in [6.07, 6.45) is 0. The third-order valence-corrected chi connectivity index (χ3v) is 3.72. The summed E-state index contributed by atoms with van der Waals surface area (Å²) in [6.45, 7) is 1.90. The molecule has 0 saturated heterocycles. The van der Waals surface area contributed by atoms with Gasteiger partial charge in [-0.3, -0.25) is 0 Å². The number of hydrogen-bond donors (Lipinski definition) is 1. The molecular formula is C14H11Cl3FN. The van der Waals surface area contributed by atoms with E-state index in [1.807, 2.05) is 13.0 Å². The van der Waals surface area contributed by atoms with E-state index in [1.165, 1.54) is 12.1 Å². The van der Waals surface area contributed by atoms with Crippen LogP contribution in [0.3, 0.4) is 0 Å². The van der Waals surface area contributed by atoms with Crippen molar-refractivity contribution in [3.63, 3.8) is 0 Å². The summed E-state index contributed by atoms with van der Waals surface area (Å²) < 4.78 is 13.6. The third kappa shape index (κ3) is 3.53. The van der Waals surface area contributed by atoms with Gasteiger partial charge in [-0.2, -0.15) is 0 Å². The summed E-state index contributed by atoms with van der Waals surface area (Å²) in [5, 5.41) is 4.49. The minimum Gasteiger partial charge on any atom is -0.376 e. The molecule has 0 spiro atoms. The molecule has 1 unspecified atom stereocenters. The number of nitrogens with one attached hydrogen (secondary N) is 1. The van der Waals surface area contributed by atoms with Crippen molar-refractivity contribution < 1.29 is 4.39 Å². The second kappa shape index (κ2) is 6.00. The number of rotatable bonds is 3. The molecule has 0 saturated carbocycles. The number of benzene rings is 2. The van der Waals surface area contributed by atoms with Gasteiger partial charge in [-0.1, -0.05) is 40.9 Å². The molecule has 0 aliphatic carbocycles. The molecule has 0 bridgehead atoms. The van der Waals surface area contributed by atoms with Crippen molar-refractivity contribution in [2.45, 2.75) is 13.0 Å². The predicted molar refractivity (Wildman–Crippen MR) is 79.9 cm³/mol. The SMILES string of the molecule is CC(Nc1cc(Cl)ccc1F)c1ccc(Cl)c(Cl)c1. The van der Waals surface area contributed by atoms with Crippen LogP contribution in [0.25, 0.3) is 0 Å². The second-order valence-electron chi connectivity index (χ2n) is 4.16. The fraction of sp³-hybridized carbons (Fsp3) is 0.143. The molecule has 2 aromatic rings. The highest BCUT2D eigenvalue weighted by atomic mass is 35.5. The average Bonchev–Trinajstić information content (AvgIpc) is 2.37. The molecule has 0 amide bonds. The smallest absolute Gasteiger partial charge is 0.146 e. The molecule has 1 nitrogen and oxygen atoms in total. The Hall–Kier alpha value is -0.960. The van der Waals surface area contributed by atoms with E-state index in [0.717, 1.165) is 5.56 Å². The van der Waals surface area contributed by atoms with E-state index < -0.39 is 0 Å². The minimum absolute atomic E-state index is 0.122. The first-order chi connectivity index (χ1) is 8.97. The lowest BCUT2D eigenvalue weighted by Crippen LogP contribution is -2.08. The maximum Gasteiger partial charge on any atom is 0.146 e. The summed E-state index contributed by atoms with van der Waals surface area (Å²) in [4.78, 5) is 0. The lowest BCUT2D eigenvalue weighted by atomic mass is 10.1. The topological polar surface area (TPSA) is 12.0 Å². The number of hydrogen-bond acceptors (Lipinski definition) is 1. The van der Waals surface area contributed by atoms with Crippen LogP contribution in [0.15, 0.2) is 36.4 Å². The van der Waals surface area contributed by atoms with Gasteiger partial charge in [-0.15, -0.1) is 0 Å². The van der Waals surface area contributed by atoms with Gasteiger partial charge in [0, 0.05) is 11.1 Å². The molecule has 0 aromatic heterocycles. The summed E-state index contributed by atoms with van der Waals surface area (Å²) in [6, 6.07) is 9.57. The van der Waals surface area contributed by atoms with Crippen LogP contribution in [0.5, 0.6) is 0 Å². The molecule has 1 atom stereocenters. The minimum atomic E-state index is -0.351. The Morgan fingerprint density at radius 2 is 1.74 bits per heavy atom. The molecule has 19 heavy (non-hydrogen) atoms. The molecule has 100 valence electrons. The first kappa shape index (κ1) is 14.4. The van der Waals surface area contributed by atoms with Crippen LogP contribution < -0.4 is 5.32 Å². The lowest BCUT2D eigenvalue weighted by molar-refractivity contribution is 0.627. The monoisotopic (exact) mass is 317 g/mol. The molecule has 0 aliphatic rings. The van der Waals surface area contributed by atoms with E-state index in [1.54, 1.807) is 18.2 Å². The van der Waals surface area contributed by atoms with Crippen molar-refractivity contribution in [1.29, 1.82) is 0 Å². The normalized spacial score (nSPS) is 12.3. The quantitative estimate of drug-likeness (QED) is 0.736. The van der Waals surface area contributed by atoms with Crippen molar-refractivity contribution in [2.75, 3.05) is 5.32 Å². The Bertz CT molecular complexity index is 601. The molecule has 1 N–H and O–H groups in total. The second-order valence-corrected chi connectivity index (χ2v) is 5.41. The number of anilines is 1. The third-order valence-electron chi connectivity index (χ3n) is 2.74. The number of halogens is 4. The van der Waals surface area contributed by atoms with E-state index in [2.05, 4.69) is 5.32 Å². The maximum atomic E-state index is 13.6. The zero-order valence-electron chi connectivity index (χ0n) is 10.1. The fourth-order valence-corrected chi connectivity index (χ4v) is 2.19. The molecule has 5 heteroatoms. The van der Waals surface area contributed by atoms with Gasteiger partial charge in [-0.05, 0) is 42.8 Å². The molecule has 0 heterocycles. The van der Waals surface area contributed by atoms with Crippen LogP contribution in [0.1, 0.15) is 18.5 Å². The molecule has 2 aromatic carbocycles. The van der Waals surface area contributed by atoms with Crippen LogP contribution >= 0.6 is 34.8 Å². The van der Waals surface area contributed by atoms with Crippen LogP contribution in [0.4, 0.5) is 10.1 Å². The summed E-state index contributed by atoms with van der Waals surface area (Å²) >= 11 is 17.7. The Balaban J connectivity index is 2.22. The van der Waals surface area contributed by atoms with Crippen LogP contribution in [0.2, 0.25) is 15.1 Å². The van der Waals surface area contributed by atoms with Crippen molar-refractivity contribution in [3.05, 3.63) is 62.8 Å². The van der Waals surface area contributed by atoms with E-state index in [9.17, 15) is 4.39 Å². The Morgan fingerprint density at radius 1 is 1.00 bits per heavy atom. The van der Waals surface area contributed by atoms with Gasteiger partial charge in [0.2, 0.25) is 0 Å². The van der Waals surface area contributed by atoms with Gasteiger partial charge in [-0.25, -0.2) is 4.39 Å². The van der Waals surface area contributed by atoms with E-state index in [4.69, 9.17) is 34.8 Å². The Labute approximate surface area is 126 Å². The molecule has 2 rings (SSSR count). The van der Waals surface area contributed by atoms with Gasteiger partial charge >= 0.3 is 0 Å². The first-order valence-electron chi connectivity index (χ1n) is 5.64. The van der Waals surface area contributed by atoms with E-state index >= 15 is 0 Å². The highest BCUT2D eigenvalue weighted by Gasteiger charge is 2.10. The summed E-state index contributed by atoms with van der Waals surface area (Å²) in [5.41, 5.74) is 1.26. The van der Waals surface area contributed by atoms with Gasteiger partial charge in [0.25, 0.3) is 0 Å². The van der Waals surface area contributed by atoms with Crippen LogP contribution in [-0.2, 0) is 0 Å². The highest BCUT2D eigenvalue weighted by Crippen LogP contribution is 2.28. The van der Waals surface area contributed by atoms with E-state index in [-0.39, 0.29) is 11.9 Å². The van der Waals surface area contributed by atoms with Gasteiger partial charge in [0.15, 0.2) is 0 Å². The first-order valence-corrected chi connectivity index (χ1v) is 6.77. The van der Waals surface area contributed by atoms with Gasteiger partial charge in [0.1, 0.15) is 5.82 Å². The Morgan fingerprint density at radius 3 is 2.42 bits per heavy atom. The van der Waals surface area contributed by atoms with Gasteiger partial charge in [0.05, 0.1) is 15.7 Å². The standard InChI is InChI=1S/C14H11Cl3FN/c1-8(9-2-4-11(16)12(17)6-9)19-14-7-10(15)3-5-13(14)18/h2-8,19H,1H3. The maximum absolute atomic E-state index is 13.6. The van der Waals surface area contributed by atoms with Crippen molar-refractivity contribution in [1.82, 2.24) is 0 Å². The molecular weight excluding hydrogens is 308 g/mol. The Kier molecular flexibility index (Phi) is 4.56. The lowest BCUT2D eigenvalue weighted by Gasteiger charge is -2.17. The average molecular weight is 319 g/mol. The summed E-state index contributed by atoms with van der Waals surface area (Å²) in [5.74, 6) is -0.351. The molecule has 0 radical (unpaired) electrons. The molecule has 0 fully saturated rings. The van der Waals surface area contributed by atoms with Crippen LogP contribution in [-0.4, -0.2) is 0 Å². The van der Waals surface area contributed by atoms with Crippen LogP contribution in [0, 0.1) is 5.82 Å². The van der Waals surface area contributed by atoms with Gasteiger partial charge < -0.3 is 5.32 Å². The van der Waals surface area contributed by atoms with Crippen molar-refractivity contribution in [2.24, 2.45) is 0 Å². The zero-order chi connectivity index (χ0) is 14.0. The highest BCUT2D eigenvalue weighted by molar-refractivity contribution is 6.42. The van der Waals surface area contributed by atoms with E-state index in [0.29, 0.717) is 20.8 Å². The zero-order valence-corrected chi connectivity index (χ0v) is 12.3. The van der Waals surface area contributed by atoms with Crippen molar-refractivity contribution >= 4 is 40.5 Å². The summed E-state index contributed by atoms with van der Waals surface area (Å²) in [7, 11) is 0.